The zero-order valence-corrected chi connectivity index (χ0v) is 12.8. The highest BCUT2D eigenvalue weighted by Gasteiger charge is 2.17. The van der Waals surface area contributed by atoms with E-state index in [9.17, 15) is 24.5 Å². The first kappa shape index (κ1) is 18.1. The summed E-state index contributed by atoms with van der Waals surface area (Å²) in [7, 11) is 3.09. The van der Waals surface area contributed by atoms with Gasteiger partial charge in [0.15, 0.2) is 6.61 Å². The van der Waals surface area contributed by atoms with Gasteiger partial charge < -0.3 is 15.0 Å². The van der Waals surface area contributed by atoms with Crippen LogP contribution in [0.1, 0.15) is 5.56 Å². The zero-order valence-electron chi connectivity index (χ0n) is 12.8. The van der Waals surface area contributed by atoms with E-state index >= 15 is 0 Å². The fourth-order valence-electron chi connectivity index (χ4n) is 1.57. The minimum atomic E-state index is -0.770. The van der Waals surface area contributed by atoms with Crippen LogP contribution in [0.25, 0.3) is 0 Å². The van der Waals surface area contributed by atoms with Crippen LogP contribution in [0.5, 0.6) is 0 Å². The maximum atomic E-state index is 11.6. The Labute approximate surface area is 132 Å². The number of rotatable bonds is 7. The van der Waals surface area contributed by atoms with Crippen LogP contribution >= 0.6 is 0 Å². The van der Waals surface area contributed by atoms with Gasteiger partial charge >= 0.3 is 5.97 Å². The first-order chi connectivity index (χ1) is 10.8. The van der Waals surface area contributed by atoms with Crippen molar-refractivity contribution in [2.75, 3.05) is 27.2 Å². The Morgan fingerprint density at radius 3 is 2.52 bits per heavy atom. The highest BCUT2D eigenvalue weighted by atomic mass is 16.6. The van der Waals surface area contributed by atoms with Gasteiger partial charge in [0.2, 0.25) is 5.91 Å². The molecule has 0 aliphatic rings. The molecule has 0 atom stereocenters. The number of esters is 1. The summed E-state index contributed by atoms with van der Waals surface area (Å²) in [5.74, 6) is -1.70. The van der Waals surface area contributed by atoms with Crippen molar-refractivity contribution in [3.05, 3.63) is 39.9 Å². The summed E-state index contributed by atoms with van der Waals surface area (Å²) in [5, 5.41) is 13.1. The Morgan fingerprint density at radius 1 is 1.26 bits per heavy atom. The molecule has 1 aromatic carbocycles. The Morgan fingerprint density at radius 2 is 1.91 bits per heavy atom. The van der Waals surface area contributed by atoms with Crippen molar-refractivity contribution in [2.24, 2.45) is 0 Å². The Bertz CT molecular complexity index is 614. The minimum Gasteiger partial charge on any atom is -0.455 e. The first-order valence-electron chi connectivity index (χ1n) is 6.66. The third-order valence-electron chi connectivity index (χ3n) is 2.82. The SMILES string of the molecule is CN(C)C(=O)CNC(=O)COC(=O)Cc1ccccc1[N+](=O)[O-]. The number of nitro benzene ring substituents is 1. The van der Waals surface area contributed by atoms with Gasteiger partial charge in [-0.2, -0.15) is 0 Å². The standard InChI is InChI=1S/C14H17N3O6/c1-16(2)13(19)8-15-12(18)9-23-14(20)7-10-5-3-4-6-11(10)17(21)22/h3-6H,7-9H2,1-2H3,(H,15,18). The van der Waals surface area contributed by atoms with Crippen LogP contribution in [-0.2, 0) is 25.5 Å². The number of carbonyl (C=O) groups is 3. The number of benzene rings is 1. The lowest BCUT2D eigenvalue weighted by molar-refractivity contribution is -0.385. The summed E-state index contributed by atoms with van der Waals surface area (Å²) in [4.78, 5) is 45.9. The maximum absolute atomic E-state index is 11.6. The summed E-state index contributed by atoms with van der Waals surface area (Å²) in [6.45, 7) is -0.756. The molecule has 0 aliphatic carbocycles. The molecule has 1 rings (SSSR count). The van der Waals surface area contributed by atoms with E-state index in [1.54, 1.807) is 20.2 Å². The van der Waals surface area contributed by atoms with Crippen LogP contribution in [0.15, 0.2) is 24.3 Å². The van der Waals surface area contributed by atoms with Gasteiger partial charge in [0.05, 0.1) is 17.9 Å². The van der Waals surface area contributed by atoms with E-state index in [2.05, 4.69) is 5.32 Å². The summed E-state index contributed by atoms with van der Waals surface area (Å²) in [5.41, 5.74) is 0.0103. The zero-order chi connectivity index (χ0) is 17.4. The van der Waals surface area contributed by atoms with Crippen molar-refractivity contribution in [3.63, 3.8) is 0 Å². The van der Waals surface area contributed by atoms with Gasteiger partial charge in [-0.1, -0.05) is 18.2 Å². The van der Waals surface area contributed by atoms with E-state index in [1.807, 2.05) is 0 Å². The number of hydrogen-bond donors (Lipinski definition) is 1. The average Bonchev–Trinajstić information content (AvgIpc) is 2.50. The first-order valence-corrected chi connectivity index (χ1v) is 6.66. The molecule has 0 bridgehead atoms. The van der Waals surface area contributed by atoms with Crippen LogP contribution in [0.2, 0.25) is 0 Å². The number of ether oxygens (including phenoxy) is 1. The number of hydrogen-bond acceptors (Lipinski definition) is 6. The Balaban J connectivity index is 2.45. The van der Waals surface area contributed by atoms with Gasteiger partial charge in [-0.25, -0.2) is 0 Å². The molecular weight excluding hydrogens is 306 g/mol. The maximum Gasteiger partial charge on any atom is 0.311 e. The highest BCUT2D eigenvalue weighted by molar-refractivity contribution is 5.86. The topological polar surface area (TPSA) is 119 Å². The van der Waals surface area contributed by atoms with Crippen molar-refractivity contribution in [2.45, 2.75) is 6.42 Å². The molecule has 0 saturated heterocycles. The number of amides is 2. The smallest absolute Gasteiger partial charge is 0.311 e. The van der Waals surface area contributed by atoms with Crippen LogP contribution in [0, 0.1) is 10.1 Å². The van der Waals surface area contributed by atoms with E-state index in [0.717, 1.165) is 0 Å². The molecule has 1 aromatic rings. The van der Waals surface area contributed by atoms with E-state index in [0.29, 0.717) is 0 Å². The molecule has 9 nitrogen and oxygen atoms in total. The average molecular weight is 323 g/mol. The molecular formula is C14H17N3O6. The number of nitrogens with one attached hydrogen (secondary N) is 1. The van der Waals surface area contributed by atoms with Crippen molar-refractivity contribution in [1.29, 1.82) is 0 Å². The van der Waals surface area contributed by atoms with Gasteiger partial charge in [-0.3, -0.25) is 24.5 Å². The van der Waals surface area contributed by atoms with Crippen molar-refractivity contribution in [1.82, 2.24) is 10.2 Å². The summed E-state index contributed by atoms with van der Waals surface area (Å²) < 4.78 is 4.74. The van der Waals surface area contributed by atoms with E-state index < -0.39 is 23.4 Å². The number of nitrogens with zero attached hydrogens (tertiary/aromatic N) is 2. The monoisotopic (exact) mass is 323 g/mol. The Kier molecular flexibility index (Phi) is 6.66. The van der Waals surface area contributed by atoms with Crippen LogP contribution in [-0.4, -0.2) is 54.9 Å². The van der Waals surface area contributed by atoms with Gasteiger partial charge in [0, 0.05) is 25.7 Å². The van der Waals surface area contributed by atoms with Gasteiger partial charge in [-0.15, -0.1) is 0 Å². The fraction of sp³-hybridized carbons (Fsp3) is 0.357. The molecule has 124 valence electrons. The lowest BCUT2D eigenvalue weighted by Gasteiger charge is -2.11. The summed E-state index contributed by atoms with van der Waals surface area (Å²) >= 11 is 0. The predicted molar refractivity (Wildman–Crippen MR) is 79.5 cm³/mol. The third kappa shape index (κ3) is 6.12. The quantitative estimate of drug-likeness (QED) is 0.425. The van der Waals surface area contributed by atoms with Gasteiger partial charge in [0.25, 0.3) is 11.6 Å². The van der Waals surface area contributed by atoms with E-state index in [4.69, 9.17) is 4.74 Å². The minimum absolute atomic E-state index is 0.189. The van der Waals surface area contributed by atoms with Crippen LogP contribution in [0.4, 0.5) is 5.69 Å². The second kappa shape index (κ2) is 8.47. The normalized spacial score (nSPS) is 9.83. The summed E-state index contributed by atoms with van der Waals surface area (Å²) in [6, 6.07) is 5.77. The predicted octanol–water partition coefficient (Wildman–Crippen LogP) is -0.115. The highest BCUT2D eigenvalue weighted by Crippen LogP contribution is 2.18. The lowest BCUT2D eigenvalue weighted by atomic mass is 10.1. The lowest BCUT2D eigenvalue weighted by Crippen LogP contribution is -2.38. The molecule has 2 amide bonds. The molecule has 0 fully saturated rings. The van der Waals surface area contributed by atoms with E-state index in [1.165, 1.54) is 23.1 Å². The molecule has 0 unspecified atom stereocenters. The number of carbonyl (C=O) groups excluding carboxylic acids is 3. The molecule has 0 aromatic heterocycles. The molecule has 0 aliphatic heterocycles. The molecule has 0 spiro atoms. The third-order valence-corrected chi connectivity index (χ3v) is 2.82. The Hall–Kier alpha value is -2.97. The molecule has 0 radical (unpaired) electrons. The van der Waals surface area contributed by atoms with E-state index in [-0.39, 0.29) is 30.1 Å². The number of para-hydroxylation sites is 1. The molecule has 23 heavy (non-hydrogen) atoms. The molecule has 0 heterocycles. The number of likely N-dealkylation sites (N-methyl/N-ethyl adjacent to an activating group) is 1. The summed E-state index contributed by atoms with van der Waals surface area (Å²) in [6.07, 6.45) is -0.318. The molecule has 9 heteroatoms. The van der Waals surface area contributed by atoms with Crippen LogP contribution in [0.3, 0.4) is 0 Å². The van der Waals surface area contributed by atoms with Crippen molar-refractivity contribution >= 4 is 23.5 Å². The number of nitro groups is 1. The fourth-order valence-corrected chi connectivity index (χ4v) is 1.57. The largest absolute Gasteiger partial charge is 0.455 e. The second-order valence-electron chi connectivity index (χ2n) is 4.79. The van der Waals surface area contributed by atoms with Crippen molar-refractivity contribution in [3.8, 4) is 0 Å². The molecule has 0 saturated carbocycles. The van der Waals surface area contributed by atoms with Crippen LogP contribution < -0.4 is 5.32 Å². The van der Waals surface area contributed by atoms with Gasteiger partial charge in [0.1, 0.15) is 0 Å². The van der Waals surface area contributed by atoms with Gasteiger partial charge in [-0.05, 0) is 0 Å². The van der Waals surface area contributed by atoms with Crippen molar-refractivity contribution < 1.29 is 24.0 Å². The molecule has 1 N–H and O–H groups in total. The second-order valence-corrected chi connectivity index (χ2v) is 4.79.